The Kier molecular flexibility index (Phi) is 8.42. The predicted octanol–water partition coefficient (Wildman–Crippen LogP) is 3.28. The number of ether oxygens (including phenoxy) is 3. The maximum Gasteiger partial charge on any atom is 0.257 e. The molecule has 3 aliphatic heterocycles. The van der Waals surface area contributed by atoms with E-state index in [0.717, 1.165) is 0 Å². The lowest BCUT2D eigenvalue weighted by molar-refractivity contribution is -0.134. The van der Waals surface area contributed by atoms with Crippen LogP contribution in [0.4, 0.5) is 10.1 Å². The van der Waals surface area contributed by atoms with Crippen molar-refractivity contribution in [3.63, 3.8) is 0 Å². The molecular formula is C29H34FN3O6. The lowest BCUT2D eigenvalue weighted by atomic mass is 9.94. The smallest absolute Gasteiger partial charge is 0.257 e. The van der Waals surface area contributed by atoms with E-state index in [1.54, 1.807) is 48.3 Å². The number of carbonyl (C=O) groups excluding carboxylic acids is 3. The fraction of sp³-hybridized carbons (Fsp3) is 0.483. The number of fused-ring (bicyclic) bond motifs is 2. The zero-order valence-corrected chi connectivity index (χ0v) is 22.0. The molecule has 0 aromatic heterocycles. The molecule has 0 aliphatic carbocycles. The number of rotatable bonds is 6. The Hall–Kier alpha value is -3.50. The number of hydrogen-bond donors (Lipinski definition) is 2. The van der Waals surface area contributed by atoms with Crippen LogP contribution in [0.15, 0.2) is 42.5 Å². The molecule has 39 heavy (non-hydrogen) atoms. The van der Waals surface area contributed by atoms with Crippen LogP contribution in [-0.4, -0.2) is 67.7 Å². The van der Waals surface area contributed by atoms with Gasteiger partial charge in [-0.1, -0.05) is 18.2 Å². The Morgan fingerprint density at radius 1 is 1.08 bits per heavy atom. The number of likely N-dealkylation sites (N-methyl/N-ethyl adjacent to an activating group) is 1. The van der Waals surface area contributed by atoms with E-state index in [4.69, 9.17) is 14.2 Å². The van der Waals surface area contributed by atoms with E-state index in [1.807, 2.05) is 0 Å². The van der Waals surface area contributed by atoms with E-state index < -0.39 is 6.10 Å². The van der Waals surface area contributed by atoms with Gasteiger partial charge in [-0.3, -0.25) is 14.4 Å². The molecule has 9 nitrogen and oxygen atoms in total. The average Bonchev–Trinajstić information content (AvgIpc) is 2.95. The minimum atomic E-state index is -0.405. The molecule has 2 fully saturated rings. The van der Waals surface area contributed by atoms with Gasteiger partial charge in [-0.25, -0.2) is 4.39 Å². The van der Waals surface area contributed by atoms with Gasteiger partial charge in [-0.15, -0.1) is 0 Å². The van der Waals surface area contributed by atoms with Crippen molar-refractivity contribution in [2.75, 3.05) is 32.2 Å². The second-order valence-corrected chi connectivity index (χ2v) is 10.3. The molecule has 2 aromatic rings. The van der Waals surface area contributed by atoms with Crippen molar-refractivity contribution in [3.05, 3.63) is 59.4 Å². The summed E-state index contributed by atoms with van der Waals surface area (Å²) in [7, 11) is 1.74. The summed E-state index contributed by atoms with van der Waals surface area (Å²) in [5, 5.41) is 5.69. The number of benzene rings is 2. The van der Waals surface area contributed by atoms with Crippen molar-refractivity contribution in [1.82, 2.24) is 10.2 Å². The summed E-state index contributed by atoms with van der Waals surface area (Å²) in [6.07, 6.45) is 2.01. The highest BCUT2D eigenvalue weighted by atomic mass is 19.1. The van der Waals surface area contributed by atoms with E-state index in [-0.39, 0.29) is 61.2 Å². The van der Waals surface area contributed by atoms with Crippen LogP contribution < -0.4 is 15.4 Å². The van der Waals surface area contributed by atoms with Crippen LogP contribution >= 0.6 is 0 Å². The van der Waals surface area contributed by atoms with Gasteiger partial charge in [0.25, 0.3) is 5.91 Å². The molecule has 0 spiro atoms. The first-order valence-electron chi connectivity index (χ1n) is 13.5. The molecule has 3 aliphatic rings. The Morgan fingerprint density at radius 2 is 1.87 bits per heavy atom. The van der Waals surface area contributed by atoms with Crippen LogP contribution in [0.25, 0.3) is 0 Å². The molecule has 2 N–H and O–H groups in total. The summed E-state index contributed by atoms with van der Waals surface area (Å²) in [4.78, 5) is 40.3. The van der Waals surface area contributed by atoms with Crippen molar-refractivity contribution in [2.24, 2.45) is 5.92 Å². The first kappa shape index (κ1) is 27.1. The first-order valence-corrected chi connectivity index (χ1v) is 13.5. The van der Waals surface area contributed by atoms with Crippen molar-refractivity contribution in [1.29, 1.82) is 0 Å². The van der Waals surface area contributed by atoms with Crippen LogP contribution in [0.3, 0.4) is 0 Å². The predicted molar refractivity (Wildman–Crippen MR) is 141 cm³/mol. The Bertz CT molecular complexity index is 1220. The summed E-state index contributed by atoms with van der Waals surface area (Å²) in [6, 6.07) is 11.2. The molecule has 0 saturated carbocycles. The van der Waals surface area contributed by atoms with Crippen LogP contribution in [0.2, 0.25) is 0 Å². The Labute approximate surface area is 227 Å². The van der Waals surface area contributed by atoms with Gasteiger partial charge in [0.15, 0.2) is 0 Å². The molecule has 208 valence electrons. The van der Waals surface area contributed by atoms with Crippen LogP contribution in [0, 0.1) is 11.7 Å². The average molecular weight is 540 g/mol. The first-order chi connectivity index (χ1) is 18.9. The van der Waals surface area contributed by atoms with Crippen LogP contribution in [0.5, 0.6) is 5.75 Å². The quantitative estimate of drug-likeness (QED) is 0.584. The van der Waals surface area contributed by atoms with E-state index in [0.29, 0.717) is 61.5 Å². The summed E-state index contributed by atoms with van der Waals surface area (Å²) < 4.78 is 31.4. The van der Waals surface area contributed by atoms with E-state index in [1.165, 1.54) is 6.07 Å². The minimum Gasteiger partial charge on any atom is -0.490 e. The standard InChI is InChI=1S/C29H34FN3O6/c1-33-24-8-7-21(15-27(34)31-16-19-4-2-3-5-23(19)30)39-26(24)17-38-25-9-6-20(14-22(25)29(33)36)32-28(35)18-10-12-37-13-11-18/h2-6,9,14,18,21,24,26H,7-8,10-13,15-17H2,1H3,(H,31,34)(H,32,35)/t21-,24-,26+/m1/s1. The van der Waals surface area contributed by atoms with Crippen molar-refractivity contribution < 1.29 is 33.0 Å². The maximum atomic E-state index is 13.8. The molecule has 3 amide bonds. The van der Waals surface area contributed by atoms with Gasteiger partial charge in [0, 0.05) is 44.0 Å². The second kappa shape index (κ2) is 12.1. The van der Waals surface area contributed by atoms with Gasteiger partial charge >= 0.3 is 0 Å². The SMILES string of the molecule is CN1C(=O)c2cc(NC(=O)C3CCOCC3)ccc2OC[C@@H]2O[C@@H](CC(=O)NCc3ccccc3F)CC[C@H]21. The molecule has 10 heteroatoms. The summed E-state index contributed by atoms with van der Waals surface area (Å²) >= 11 is 0. The zero-order chi connectivity index (χ0) is 27.4. The summed E-state index contributed by atoms with van der Waals surface area (Å²) in [5.74, 6) is -0.559. The monoisotopic (exact) mass is 539 g/mol. The second-order valence-electron chi connectivity index (χ2n) is 10.3. The molecule has 0 radical (unpaired) electrons. The molecule has 0 bridgehead atoms. The molecule has 3 heterocycles. The molecular weight excluding hydrogens is 505 g/mol. The third-order valence-corrected chi connectivity index (χ3v) is 7.72. The Balaban J connectivity index is 1.20. The number of nitrogens with zero attached hydrogens (tertiary/aromatic N) is 1. The normalized spacial score (nSPS) is 23.5. The van der Waals surface area contributed by atoms with Gasteiger partial charge in [-0.2, -0.15) is 0 Å². The van der Waals surface area contributed by atoms with Gasteiger partial charge in [0.1, 0.15) is 24.3 Å². The summed E-state index contributed by atoms with van der Waals surface area (Å²) in [5.41, 5.74) is 1.36. The Morgan fingerprint density at radius 3 is 2.67 bits per heavy atom. The lowest BCUT2D eigenvalue weighted by Gasteiger charge is -2.42. The topological polar surface area (TPSA) is 106 Å². The van der Waals surface area contributed by atoms with Crippen molar-refractivity contribution in [2.45, 2.75) is 56.9 Å². The summed E-state index contributed by atoms with van der Waals surface area (Å²) in [6.45, 7) is 1.47. The zero-order valence-electron chi connectivity index (χ0n) is 22.0. The number of hydrogen-bond acceptors (Lipinski definition) is 6. The molecule has 2 aromatic carbocycles. The molecule has 3 atom stereocenters. The van der Waals surface area contributed by atoms with E-state index in [2.05, 4.69) is 10.6 Å². The number of nitrogens with one attached hydrogen (secondary N) is 2. The number of amides is 3. The largest absolute Gasteiger partial charge is 0.490 e. The van der Waals surface area contributed by atoms with Crippen LogP contribution in [-0.2, 0) is 25.6 Å². The van der Waals surface area contributed by atoms with Crippen molar-refractivity contribution >= 4 is 23.4 Å². The van der Waals surface area contributed by atoms with Gasteiger partial charge in [0.2, 0.25) is 11.8 Å². The fourth-order valence-corrected chi connectivity index (χ4v) is 5.42. The van der Waals surface area contributed by atoms with E-state index in [9.17, 15) is 18.8 Å². The number of halogens is 1. The molecule has 5 rings (SSSR count). The fourth-order valence-electron chi connectivity index (χ4n) is 5.42. The minimum absolute atomic E-state index is 0.0736. The van der Waals surface area contributed by atoms with Gasteiger partial charge < -0.3 is 29.7 Å². The third kappa shape index (κ3) is 6.39. The van der Waals surface area contributed by atoms with Gasteiger partial charge in [-0.05, 0) is 49.9 Å². The molecule has 2 saturated heterocycles. The van der Waals surface area contributed by atoms with Crippen LogP contribution in [0.1, 0.15) is 48.0 Å². The number of anilines is 1. The highest BCUT2D eigenvalue weighted by Crippen LogP contribution is 2.33. The highest BCUT2D eigenvalue weighted by Gasteiger charge is 2.39. The van der Waals surface area contributed by atoms with Gasteiger partial charge in [0.05, 0.1) is 24.1 Å². The van der Waals surface area contributed by atoms with Crippen molar-refractivity contribution in [3.8, 4) is 5.75 Å². The maximum absolute atomic E-state index is 13.8. The molecule has 0 unspecified atom stereocenters. The number of carbonyl (C=O) groups is 3. The third-order valence-electron chi connectivity index (χ3n) is 7.72. The lowest BCUT2D eigenvalue weighted by Crippen LogP contribution is -2.53. The highest BCUT2D eigenvalue weighted by molar-refractivity contribution is 6.00. The van der Waals surface area contributed by atoms with E-state index >= 15 is 0 Å².